The van der Waals surface area contributed by atoms with E-state index in [9.17, 15) is 4.79 Å². The third kappa shape index (κ3) is 4.59. The number of alkyl halides is 1. The molecule has 1 N–H and O–H groups in total. The van der Waals surface area contributed by atoms with Crippen LogP contribution < -0.4 is 10.2 Å². The number of amides is 1. The number of nitrogens with zero attached hydrogens (tertiary/aromatic N) is 2. The second kappa shape index (κ2) is 7.64. The van der Waals surface area contributed by atoms with Crippen LogP contribution in [0.1, 0.15) is 6.42 Å². The van der Waals surface area contributed by atoms with Gasteiger partial charge in [0, 0.05) is 18.0 Å². The van der Waals surface area contributed by atoms with Gasteiger partial charge in [0.05, 0.1) is 23.6 Å². The predicted octanol–water partition coefficient (Wildman–Crippen LogP) is 2.93. The summed E-state index contributed by atoms with van der Waals surface area (Å²) < 4.78 is 5.52. The summed E-state index contributed by atoms with van der Waals surface area (Å²) in [6.07, 6.45) is 2.09. The summed E-state index contributed by atoms with van der Waals surface area (Å²) in [5, 5.41) is 3.88. The fourth-order valence-electron chi connectivity index (χ4n) is 1.59. The molecular formula is C13H12Cl3N3O2. The van der Waals surface area contributed by atoms with E-state index in [1.54, 1.807) is 18.2 Å². The maximum Gasteiger partial charge on any atom is 0.264 e. The summed E-state index contributed by atoms with van der Waals surface area (Å²) in [5.41, 5.74) is 2.71. The molecular weight excluding hydrogens is 337 g/mol. The largest absolute Gasteiger partial charge is 0.492 e. The minimum atomic E-state index is -0.797. The van der Waals surface area contributed by atoms with E-state index in [-0.39, 0.29) is 5.91 Å². The van der Waals surface area contributed by atoms with Crippen LogP contribution in [-0.4, -0.2) is 36.4 Å². The van der Waals surface area contributed by atoms with Crippen molar-refractivity contribution in [3.8, 4) is 5.75 Å². The Morgan fingerprint density at radius 3 is 2.95 bits per heavy atom. The second-order valence-corrected chi connectivity index (χ2v) is 5.46. The summed E-state index contributed by atoms with van der Waals surface area (Å²) in [6.45, 7) is 0.914. The molecule has 2 rings (SSSR count). The van der Waals surface area contributed by atoms with Crippen molar-refractivity contribution in [3.63, 3.8) is 0 Å². The average Bonchev–Trinajstić information content (AvgIpc) is 2.45. The number of hydrogen-bond acceptors (Lipinski definition) is 4. The first-order valence-electron chi connectivity index (χ1n) is 6.17. The molecule has 112 valence electrons. The number of nitrogens with one attached hydrogen (secondary N) is 1. The molecule has 0 fully saturated rings. The van der Waals surface area contributed by atoms with E-state index in [1.807, 2.05) is 0 Å². The lowest BCUT2D eigenvalue weighted by molar-refractivity contribution is -0.119. The summed E-state index contributed by atoms with van der Waals surface area (Å²) in [4.78, 5) is 15.5. The van der Waals surface area contributed by atoms with Crippen LogP contribution in [0.2, 0.25) is 10.0 Å². The summed E-state index contributed by atoms with van der Waals surface area (Å²) in [6, 6.07) is 5.04. The molecule has 1 aromatic rings. The molecule has 0 bridgehead atoms. The van der Waals surface area contributed by atoms with E-state index in [1.165, 1.54) is 6.21 Å². The van der Waals surface area contributed by atoms with E-state index in [0.29, 0.717) is 41.1 Å². The Morgan fingerprint density at radius 2 is 2.19 bits per heavy atom. The van der Waals surface area contributed by atoms with Crippen LogP contribution in [0.25, 0.3) is 0 Å². The number of aliphatic imine (C=N–C) groups is 1. The molecule has 0 radical (unpaired) electrons. The van der Waals surface area contributed by atoms with Crippen LogP contribution in [0.5, 0.6) is 5.75 Å². The first-order chi connectivity index (χ1) is 10.1. The average molecular weight is 349 g/mol. The van der Waals surface area contributed by atoms with Gasteiger partial charge in [-0.25, -0.2) is 5.43 Å². The zero-order valence-corrected chi connectivity index (χ0v) is 13.1. The van der Waals surface area contributed by atoms with Crippen molar-refractivity contribution >= 4 is 52.6 Å². The van der Waals surface area contributed by atoms with E-state index in [2.05, 4.69) is 15.5 Å². The molecule has 0 aliphatic carbocycles. The van der Waals surface area contributed by atoms with Gasteiger partial charge in [-0.2, -0.15) is 5.10 Å². The van der Waals surface area contributed by atoms with Gasteiger partial charge in [-0.1, -0.05) is 23.2 Å². The van der Waals surface area contributed by atoms with Gasteiger partial charge in [-0.05, 0) is 18.2 Å². The lowest BCUT2D eigenvalue weighted by atomic mass is 10.2. The molecule has 0 saturated carbocycles. The molecule has 0 spiro atoms. The highest BCUT2D eigenvalue weighted by Gasteiger charge is 2.23. The zero-order chi connectivity index (χ0) is 15.2. The third-order valence-electron chi connectivity index (χ3n) is 2.61. The standard InChI is InChI=1S/C13H12Cl3N3O2/c14-8-2-3-11(9(15)6-8)21-5-1-4-17-10-7-18-19-13(20)12(10)16/h2-3,6-7,12H,1,4-5H2,(H,19,20). The Morgan fingerprint density at radius 1 is 1.38 bits per heavy atom. The molecule has 1 unspecified atom stereocenters. The number of carbonyl (C=O) groups is 1. The molecule has 1 amide bonds. The Labute approximate surface area is 136 Å². The van der Waals surface area contributed by atoms with Crippen molar-refractivity contribution in [1.82, 2.24) is 5.43 Å². The van der Waals surface area contributed by atoms with Crippen LogP contribution in [0.3, 0.4) is 0 Å². The van der Waals surface area contributed by atoms with Gasteiger partial charge in [0.15, 0.2) is 5.38 Å². The van der Waals surface area contributed by atoms with Crippen molar-refractivity contribution < 1.29 is 9.53 Å². The summed E-state index contributed by atoms with van der Waals surface area (Å²) in [5.74, 6) is 0.199. The SMILES string of the molecule is O=C1NN=CC(=NCCCOc2ccc(Cl)cc2Cl)C1Cl. The quantitative estimate of drug-likeness (QED) is 0.657. The number of hydrogen-bond donors (Lipinski definition) is 1. The van der Waals surface area contributed by atoms with Gasteiger partial charge in [0.1, 0.15) is 5.75 Å². The fraction of sp³-hybridized carbons (Fsp3) is 0.308. The Hall–Kier alpha value is -1.30. The molecule has 8 heteroatoms. The van der Waals surface area contributed by atoms with Crippen molar-refractivity contribution in [2.24, 2.45) is 10.1 Å². The smallest absolute Gasteiger partial charge is 0.264 e. The van der Waals surface area contributed by atoms with Crippen LogP contribution in [0.15, 0.2) is 28.3 Å². The van der Waals surface area contributed by atoms with Gasteiger partial charge in [0.2, 0.25) is 0 Å². The maximum atomic E-state index is 11.3. The Kier molecular flexibility index (Phi) is 5.85. The van der Waals surface area contributed by atoms with Crippen molar-refractivity contribution in [2.45, 2.75) is 11.8 Å². The highest BCUT2D eigenvalue weighted by atomic mass is 35.5. The lowest BCUT2D eigenvalue weighted by Crippen LogP contribution is -2.39. The number of carbonyl (C=O) groups excluding carboxylic acids is 1. The highest BCUT2D eigenvalue weighted by molar-refractivity contribution is 6.54. The number of halogens is 3. The first-order valence-corrected chi connectivity index (χ1v) is 7.36. The first kappa shape index (κ1) is 16.1. The molecule has 1 aromatic carbocycles. The predicted molar refractivity (Wildman–Crippen MR) is 85.2 cm³/mol. The van der Waals surface area contributed by atoms with Crippen molar-refractivity contribution in [1.29, 1.82) is 0 Å². The summed E-state index contributed by atoms with van der Waals surface area (Å²) >= 11 is 17.7. The Balaban J connectivity index is 1.78. The number of rotatable bonds is 5. The van der Waals surface area contributed by atoms with Gasteiger partial charge in [-0.3, -0.25) is 9.79 Å². The fourth-order valence-corrected chi connectivity index (χ4v) is 2.22. The van der Waals surface area contributed by atoms with Gasteiger partial charge < -0.3 is 4.74 Å². The minimum absolute atomic E-state index is 0.373. The Bertz CT molecular complexity index is 590. The maximum absolute atomic E-state index is 11.3. The lowest BCUT2D eigenvalue weighted by Gasteiger charge is -2.12. The van der Waals surface area contributed by atoms with Crippen LogP contribution in [0.4, 0.5) is 0 Å². The van der Waals surface area contributed by atoms with Crippen LogP contribution >= 0.6 is 34.8 Å². The van der Waals surface area contributed by atoms with Crippen LogP contribution in [-0.2, 0) is 4.79 Å². The summed E-state index contributed by atoms with van der Waals surface area (Å²) in [7, 11) is 0. The molecule has 1 aliphatic rings. The van der Waals surface area contributed by atoms with Crippen molar-refractivity contribution in [2.75, 3.05) is 13.2 Å². The van der Waals surface area contributed by atoms with E-state index in [0.717, 1.165) is 0 Å². The number of ether oxygens (including phenoxy) is 1. The van der Waals surface area contributed by atoms with Crippen LogP contribution in [0, 0.1) is 0 Å². The van der Waals surface area contributed by atoms with E-state index < -0.39 is 5.38 Å². The molecule has 0 aromatic heterocycles. The number of hydrazone groups is 1. The molecule has 1 atom stereocenters. The van der Waals surface area contributed by atoms with Gasteiger partial charge in [-0.15, -0.1) is 11.6 Å². The molecule has 1 aliphatic heterocycles. The monoisotopic (exact) mass is 347 g/mol. The van der Waals surface area contributed by atoms with Gasteiger partial charge >= 0.3 is 0 Å². The normalized spacial score (nSPS) is 19.7. The number of benzene rings is 1. The minimum Gasteiger partial charge on any atom is -0.492 e. The van der Waals surface area contributed by atoms with E-state index in [4.69, 9.17) is 39.5 Å². The molecule has 5 nitrogen and oxygen atoms in total. The molecule has 1 heterocycles. The molecule has 0 saturated heterocycles. The van der Waals surface area contributed by atoms with E-state index >= 15 is 0 Å². The van der Waals surface area contributed by atoms with Crippen molar-refractivity contribution in [3.05, 3.63) is 28.2 Å². The van der Waals surface area contributed by atoms with Gasteiger partial charge in [0.25, 0.3) is 5.91 Å². The highest BCUT2D eigenvalue weighted by Crippen LogP contribution is 2.27. The zero-order valence-electron chi connectivity index (χ0n) is 10.9. The third-order valence-corrected chi connectivity index (χ3v) is 3.56. The molecule has 21 heavy (non-hydrogen) atoms. The topological polar surface area (TPSA) is 63.0 Å². The second-order valence-electron chi connectivity index (χ2n) is 4.18.